The van der Waals surface area contributed by atoms with Crippen molar-refractivity contribution in [2.45, 2.75) is 13.1 Å². The second kappa shape index (κ2) is 7.79. The van der Waals surface area contributed by atoms with Gasteiger partial charge in [0.25, 0.3) is 0 Å². The molecule has 24 heavy (non-hydrogen) atoms. The SMILES string of the molecule is CN(Cc1ccccc1)c1cc(NCc2ccc(Cl)cc2)ncn1. The van der Waals surface area contributed by atoms with E-state index in [1.807, 2.05) is 55.6 Å². The lowest BCUT2D eigenvalue weighted by molar-refractivity contribution is 0.890. The van der Waals surface area contributed by atoms with Crippen LogP contribution in [0.3, 0.4) is 0 Å². The molecule has 1 heterocycles. The van der Waals surface area contributed by atoms with Crippen molar-refractivity contribution in [3.8, 4) is 0 Å². The van der Waals surface area contributed by atoms with E-state index in [0.717, 1.165) is 28.8 Å². The van der Waals surface area contributed by atoms with Crippen molar-refractivity contribution in [1.29, 1.82) is 0 Å². The minimum Gasteiger partial charge on any atom is -0.366 e. The zero-order chi connectivity index (χ0) is 16.8. The average molecular weight is 339 g/mol. The minimum absolute atomic E-state index is 0.690. The Kier molecular flexibility index (Phi) is 5.29. The second-order valence-electron chi connectivity index (χ2n) is 5.58. The normalized spacial score (nSPS) is 10.4. The van der Waals surface area contributed by atoms with Crippen LogP contribution in [0.15, 0.2) is 67.0 Å². The molecule has 0 saturated carbocycles. The van der Waals surface area contributed by atoms with Gasteiger partial charge in [0.1, 0.15) is 18.0 Å². The van der Waals surface area contributed by atoms with Crippen LogP contribution in [0, 0.1) is 0 Å². The van der Waals surface area contributed by atoms with Gasteiger partial charge in [0, 0.05) is 31.2 Å². The van der Waals surface area contributed by atoms with Gasteiger partial charge in [0.05, 0.1) is 0 Å². The van der Waals surface area contributed by atoms with E-state index in [4.69, 9.17) is 11.6 Å². The molecule has 0 atom stereocenters. The molecule has 5 heteroatoms. The maximum absolute atomic E-state index is 5.90. The quantitative estimate of drug-likeness (QED) is 0.724. The molecule has 122 valence electrons. The van der Waals surface area contributed by atoms with E-state index in [1.54, 1.807) is 6.33 Å². The molecule has 3 rings (SSSR count). The topological polar surface area (TPSA) is 41.0 Å². The van der Waals surface area contributed by atoms with Crippen molar-refractivity contribution in [2.24, 2.45) is 0 Å². The highest BCUT2D eigenvalue weighted by atomic mass is 35.5. The number of nitrogens with one attached hydrogen (secondary N) is 1. The number of hydrogen-bond acceptors (Lipinski definition) is 4. The molecule has 1 aromatic heterocycles. The van der Waals surface area contributed by atoms with E-state index in [0.29, 0.717) is 6.54 Å². The third-order valence-electron chi connectivity index (χ3n) is 3.69. The fourth-order valence-corrected chi connectivity index (χ4v) is 2.51. The molecule has 0 spiro atoms. The predicted molar refractivity (Wildman–Crippen MR) is 99.4 cm³/mol. The van der Waals surface area contributed by atoms with E-state index in [9.17, 15) is 0 Å². The second-order valence-corrected chi connectivity index (χ2v) is 6.02. The summed E-state index contributed by atoms with van der Waals surface area (Å²) in [7, 11) is 2.03. The van der Waals surface area contributed by atoms with Gasteiger partial charge < -0.3 is 10.2 Å². The molecule has 2 aromatic carbocycles. The van der Waals surface area contributed by atoms with Gasteiger partial charge in [0.2, 0.25) is 0 Å². The first-order chi connectivity index (χ1) is 11.7. The zero-order valence-corrected chi connectivity index (χ0v) is 14.2. The first-order valence-electron chi connectivity index (χ1n) is 7.76. The monoisotopic (exact) mass is 338 g/mol. The summed E-state index contributed by atoms with van der Waals surface area (Å²) in [6.07, 6.45) is 1.58. The highest BCUT2D eigenvalue weighted by Gasteiger charge is 2.05. The number of rotatable bonds is 6. The Morgan fingerprint density at radius 3 is 2.46 bits per heavy atom. The van der Waals surface area contributed by atoms with Crippen LogP contribution in [-0.4, -0.2) is 17.0 Å². The largest absolute Gasteiger partial charge is 0.366 e. The molecule has 0 aliphatic carbocycles. The van der Waals surface area contributed by atoms with E-state index >= 15 is 0 Å². The fourth-order valence-electron chi connectivity index (χ4n) is 2.39. The third kappa shape index (κ3) is 4.46. The van der Waals surface area contributed by atoms with Crippen molar-refractivity contribution in [1.82, 2.24) is 9.97 Å². The molecule has 3 aromatic rings. The highest BCUT2D eigenvalue weighted by Crippen LogP contribution is 2.16. The highest BCUT2D eigenvalue weighted by molar-refractivity contribution is 6.30. The van der Waals surface area contributed by atoms with E-state index in [-0.39, 0.29) is 0 Å². The van der Waals surface area contributed by atoms with Gasteiger partial charge in [-0.1, -0.05) is 54.1 Å². The predicted octanol–water partition coefficient (Wildman–Crippen LogP) is 4.38. The summed E-state index contributed by atoms with van der Waals surface area (Å²) in [5.74, 6) is 1.68. The first kappa shape index (κ1) is 16.3. The van der Waals surface area contributed by atoms with Gasteiger partial charge in [-0.15, -0.1) is 0 Å². The number of hydrogen-bond donors (Lipinski definition) is 1. The Bertz CT molecular complexity index is 775. The third-order valence-corrected chi connectivity index (χ3v) is 3.95. The minimum atomic E-state index is 0.690. The zero-order valence-electron chi connectivity index (χ0n) is 13.5. The van der Waals surface area contributed by atoms with Gasteiger partial charge in [-0.05, 0) is 23.3 Å². The molecule has 0 aliphatic heterocycles. The molecule has 0 amide bonds. The molecule has 0 fully saturated rings. The Hall–Kier alpha value is -2.59. The summed E-state index contributed by atoms with van der Waals surface area (Å²) in [6, 6.07) is 20.1. The summed E-state index contributed by atoms with van der Waals surface area (Å²) in [6.45, 7) is 1.49. The van der Waals surface area contributed by atoms with Crippen LogP contribution in [0.1, 0.15) is 11.1 Å². The van der Waals surface area contributed by atoms with Crippen molar-refractivity contribution in [3.05, 3.63) is 83.1 Å². The number of aromatic nitrogens is 2. The molecule has 0 saturated heterocycles. The van der Waals surface area contributed by atoms with Crippen molar-refractivity contribution in [3.63, 3.8) is 0 Å². The van der Waals surface area contributed by atoms with Crippen LogP contribution in [0.2, 0.25) is 5.02 Å². The van der Waals surface area contributed by atoms with Gasteiger partial charge >= 0.3 is 0 Å². The Labute approximate surface area is 147 Å². The number of nitrogens with zero attached hydrogens (tertiary/aromatic N) is 3. The van der Waals surface area contributed by atoms with Gasteiger partial charge in [-0.3, -0.25) is 0 Å². The smallest absolute Gasteiger partial charge is 0.134 e. The maximum atomic E-state index is 5.90. The van der Waals surface area contributed by atoms with Gasteiger partial charge in [-0.2, -0.15) is 0 Å². The number of anilines is 2. The lowest BCUT2D eigenvalue weighted by atomic mass is 10.2. The van der Waals surface area contributed by atoms with E-state index in [1.165, 1.54) is 5.56 Å². The maximum Gasteiger partial charge on any atom is 0.134 e. The van der Waals surface area contributed by atoms with Crippen molar-refractivity contribution in [2.75, 3.05) is 17.3 Å². The van der Waals surface area contributed by atoms with Crippen molar-refractivity contribution < 1.29 is 0 Å². The molecule has 1 N–H and O–H groups in total. The number of halogens is 1. The standard InChI is InChI=1S/C19H19ClN4/c1-24(13-16-5-3-2-4-6-16)19-11-18(22-14-23-19)21-12-15-7-9-17(20)10-8-15/h2-11,14H,12-13H2,1H3,(H,21,22,23). The summed E-state index contributed by atoms with van der Waals surface area (Å²) in [5, 5.41) is 4.06. The molecule has 0 bridgehead atoms. The molecule has 4 nitrogen and oxygen atoms in total. The summed E-state index contributed by atoms with van der Waals surface area (Å²) < 4.78 is 0. The van der Waals surface area contributed by atoms with Crippen LogP contribution < -0.4 is 10.2 Å². The first-order valence-corrected chi connectivity index (χ1v) is 8.14. The summed E-state index contributed by atoms with van der Waals surface area (Å²) in [5.41, 5.74) is 2.39. The van der Waals surface area contributed by atoms with Crippen LogP contribution in [0.4, 0.5) is 11.6 Å². The van der Waals surface area contributed by atoms with Crippen LogP contribution in [-0.2, 0) is 13.1 Å². The molecular weight excluding hydrogens is 320 g/mol. The molecular formula is C19H19ClN4. The lowest BCUT2D eigenvalue weighted by Crippen LogP contribution is -2.18. The summed E-state index contributed by atoms with van der Waals surface area (Å²) >= 11 is 5.90. The Morgan fingerprint density at radius 1 is 0.958 bits per heavy atom. The molecule has 0 unspecified atom stereocenters. The van der Waals surface area contributed by atoms with E-state index < -0.39 is 0 Å². The van der Waals surface area contributed by atoms with Crippen molar-refractivity contribution >= 4 is 23.2 Å². The van der Waals surface area contributed by atoms with E-state index in [2.05, 4.69) is 32.3 Å². The average Bonchev–Trinajstić information content (AvgIpc) is 2.62. The summed E-state index contributed by atoms with van der Waals surface area (Å²) in [4.78, 5) is 10.7. The molecule has 0 radical (unpaired) electrons. The van der Waals surface area contributed by atoms with Gasteiger partial charge in [-0.25, -0.2) is 9.97 Å². The fraction of sp³-hybridized carbons (Fsp3) is 0.158. The van der Waals surface area contributed by atoms with Crippen LogP contribution >= 0.6 is 11.6 Å². The van der Waals surface area contributed by atoms with Crippen LogP contribution in [0.5, 0.6) is 0 Å². The Balaban J connectivity index is 1.64. The Morgan fingerprint density at radius 2 is 1.71 bits per heavy atom. The molecule has 0 aliphatic rings. The van der Waals surface area contributed by atoms with Crippen LogP contribution in [0.25, 0.3) is 0 Å². The lowest BCUT2D eigenvalue weighted by Gasteiger charge is -2.18. The number of benzene rings is 2. The van der Waals surface area contributed by atoms with Gasteiger partial charge in [0.15, 0.2) is 0 Å².